The zero-order valence-corrected chi connectivity index (χ0v) is 17.1. The number of carbonyl (C=O) groups is 2. The van der Waals surface area contributed by atoms with Crippen molar-refractivity contribution in [1.29, 1.82) is 0 Å². The number of halogens is 2. The molecule has 1 saturated heterocycles. The van der Waals surface area contributed by atoms with Crippen LogP contribution in [0.5, 0.6) is 0 Å². The van der Waals surface area contributed by atoms with Gasteiger partial charge in [-0.3, -0.25) is 9.59 Å². The number of aliphatic carboxylic acids is 1. The van der Waals surface area contributed by atoms with Crippen molar-refractivity contribution in [1.82, 2.24) is 4.90 Å². The Labute approximate surface area is 177 Å². The van der Waals surface area contributed by atoms with Crippen LogP contribution in [0, 0.1) is 5.92 Å². The maximum Gasteiger partial charge on any atom is 0.451 e. The number of nitrogens with two attached hydrogens (primary N) is 2. The van der Waals surface area contributed by atoms with Gasteiger partial charge in [0.2, 0.25) is 5.91 Å². The lowest BCUT2D eigenvalue weighted by molar-refractivity contribution is -0.149. The summed E-state index contributed by atoms with van der Waals surface area (Å²) in [6, 6.07) is 8.55. The molecule has 1 heterocycles. The Hall–Kier alpha value is -1.36. The zero-order chi connectivity index (χ0) is 19.3. The average molecular weight is 436 g/mol. The fourth-order valence-corrected chi connectivity index (χ4v) is 3.45. The van der Waals surface area contributed by atoms with E-state index in [1.54, 1.807) is 0 Å². The first-order chi connectivity index (χ1) is 12.2. The van der Waals surface area contributed by atoms with Crippen molar-refractivity contribution in [2.24, 2.45) is 17.4 Å². The molecule has 0 aromatic heterocycles. The highest BCUT2D eigenvalue weighted by molar-refractivity contribution is 6.40. The smallest absolute Gasteiger partial charge is 0.451 e. The number of hydrogen-bond acceptors (Lipinski definition) is 6. The van der Waals surface area contributed by atoms with E-state index in [9.17, 15) is 14.7 Å². The van der Waals surface area contributed by atoms with Crippen molar-refractivity contribution in [2.45, 2.75) is 37.2 Å². The zero-order valence-electron chi connectivity index (χ0n) is 15.4. The van der Waals surface area contributed by atoms with Gasteiger partial charge in [-0.1, -0.05) is 36.8 Å². The Morgan fingerprint density at radius 3 is 2.39 bits per heavy atom. The summed E-state index contributed by atoms with van der Waals surface area (Å²) in [6.07, 6.45) is 0.980. The first-order valence-electron chi connectivity index (χ1n) is 8.68. The van der Waals surface area contributed by atoms with Gasteiger partial charge in [0.15, 0.2) is 0 Å². The van der Waals surface area contributed by atoms with Crippen molar-refractivity contribution >= 4 is 43.8 Å². The maximum absolute atomic E-state index is 12.8. The molecule has 0 bridgehead atoms. The van der Waals surface area contributed by atoms with E-state index in [2.05, 4.69) is 0 Å². The fraction of sp³-hybridized carbons (Fsp3) is 0.529. The number of carbonyl (C=O) groups excluding carboxylic acids is 1. The monoisotopic (exact) mass is 435 g/mol. The largest absolute Gasteiger partial charge is 0.480 e. The van der Waals surface area contributed by atoms with Gasteiger partial charge in [0, 0.05) is 13.1 Å². The lowest BCUT2D eigenvalue weighted by Gasteiger charge is -2.42. The molecular weight excluding hydrogens is 408 g/mol. The Kier molecular flexibility index (Phi) is 11.0. The number of hydrogen-bond donors (Lipinski definition) is 5. The molecule has 1 unspecified atom stereocenters. The van der Waals surface area contributed by atoms with Gasteiger partial charge in [-0.05, 0) is 30.6 Å². The summed E-state index contributed by atoms with van der Waals surface area (Å²) < 4.78 is 0. The van der Waals surface area contributed by atoms with E-state index in [0.29, 0.717) is 19.4 Å². The quantitative estimate of drug-likeness (QED) is 0.375. The molecule has 0 radical (unpaired) electrons. The van der Waals surface area contributed by atoms with Crippen molar-refractivity contribution in [2.75, 3.05) is 13.1 Å². The number of piperidine rings is 1. The van der Waals surface area contributed by atoms with Crippen LogP contribution in [0.1, 0.15) is 18.4 Å². The van der Waals surface area contributed by atoms with Crippen LogP contribution < -0.4 is 11.5 Å². The number of amides is 1. The first kappa shape index (κ1) is 26.6. The van der Waals surface area contributed by atoms with Gasteiger partial charge in [0.25, 0.3) is 0 Å². The number of rotatable bonds is 7. The molecule has 1 aliphatic heterocycles. The molecule has 0 saturated carbocycles. The van der Waals surface area contributed by atoms with Gasteiger partial charge in [0.1, 0.15) is 5.54 Å². The molecule has 1 aliphatic rings. The highest BCUT2D eigenvalue weighted by Gasteiger charge is 2.44. The summed E-state index contributed by atoms with van der Waals surface area (Å²) >= 11 is 0. The second kappa shape index (κ2) is 11.6. The third-order valence-corrected chi connectivity index (χ3v) is 4.79. The molecule has 8 nitrogen and oxygen atoms in total. The molecule has 11 heteroatoms. The lowest BCUT2D eigenvalue weighted by atomic mass is 9.75. The standard InChI is InChI=1S/C17H26BN3O5.2ClH/c19-14(8-12-4-2-1-3-5-12)15(22)21-10-13(6-7-18(25)26)9-17(20,11-21)16(23)24;;/h1-5,13-14,25-26H,6-11,19-20H2,(H,23,24);2*1H/t13-,14?,17+;;/m0../s1. The van der Waals surface area contributed by atoms with Gasteiger partial charge < -0.3 is 31.5 Å². The number of likely N-dealkylation sites (tertiary alicyclic amines) is 1. The van der Waals surface area contributed by atoms with Gasteiger partial charge >= 0.3 is 13.1 Å². The molecular formula is C17H28BCl2N3O5. The summed E-state index contributed by atoms with van der Waals surface area (Å²) in [5.74, 6) is -1.76. The molecule has 1 aromatic rings. The van der Waals surface area contributed by atoms with Crippen molar-refractivity contribution in [3.05, 3.63) is 35.9 Å². The molecule has 3 atom stereocenters. The van der Waals surface area contributed by atoms with E-state index in [4.69, 9.17) is 21.5 Å². The summed E-state index contributed by atoms with van der Waals surface area (Å²) in [7, 11) is -1.47. The van der Waals surface area contributed by atoms with Crippen LogP contribution in [-0.2, 0) is 16.0 Å². The summed E-state index contributed by atoms with van der Waals surface area (Å²) in [6.45, 7) is 0.197. The van der Waals surface area contributed by atoms with Crippen LogP contribution in [0.25, 0.3) is 0 Å². The fourth-order valence-electron chi connectivity index (χ4n) is 3.45. The number of benzene rings is 1. The van der Waals surface area contributed by atoms with Crippen LogP contribution >= 0.6 is 24.8 Å². The lowest BCUT2D eigenvalue weighted by Crippen LogP contribution is -2.64. The predicted octanol–water partition coefficient (Wildman–Crippen LogP) is -0.106. The van der Waals surface area contributed by atoms with Crippen LogP contribution in [0.2, 0.25) is 6.32 Å². The molecule has 28 heavy (non-hydrogen) atoms. The molecule has 7 N–H and O–H groups in total. The van der Waals surface area contributed by atoms with Crippen molar-refractivity contribution in [3.63, 3.8) is 0 Å². The van der Waals surface area contributed by atoms with Gasteiger partial charge in [0.05, 0.1) is 6.04 Å². The van der Waals surface area contributed by atoms with Crippen LogP contribution in [-0.4, -0.2) is 63.7 Å². The molecule has 0 aliphatic carbocycles. The molecule has 1 amide bonds. The van der Waals surface area contributed by atoms with E-state index in [1.807, 2.05) is 30.3 Å². The SMILES string of the molecule is Cl.Cl.NC(Cc1ccccc1)C(=O)N1C[C@@H](CCB(O)O)C[C@](N)(C(=O)O)C1. The molecule has 2 rings (SSSR count). The first-order valence-corrected chi connectivity index (χ1v) is 8.68. The average Bonchev–Trinajstić information content (AvgIpc) is 2.59. The van der Waals surface area contributed by atoms with Gasteiger partial charge in [-0.2, -0.15) is 0 Å². The maximum atomic E-state index is 12.8. The topological polar surface area (TPSA) is 150 Å². The summed E-state index contributed by atoms with van der Waals surface area (Å²) in [5, 5.41) is 27.6. The summed E-state index contributed by atoms with van der Waals surface area (Å²) in [5.41, 5.74) is 11.4. The van der Waals surface area contributed by atoms with Crippen LogP contribution in [0.3, 0.4) is 0 Å². The summed E-state index contributed by atoms with van der Waals surface area (Å²) in [4.78, 5) is 25.7. The van der Waals surface area contributed by atoms with E-state index >= 15 is 0 Å². The van der Waals surface area contributed by atoms with Gasteiger partial charge in [-0.25, -0.2) is 0 Å². The Bertz CT molecular complexity index is 640. The molecule has 158 valence electrons. The van der Waals surface area contributed by atoms with Gasteiger partial charge in [-0.15, -0.1) is 24.8 Å². The Morgan fingerprint density at radius 1 is 1.25 bits per heavy atom. The number of carboxylic acid groups (broad SMARTS) is 1. The second-order valence-corrected chi connectivity index (χ2v) is 7.10. The third-order valence-electron chi connectivity index (χ3n) is 4.79. The predicted molar refractivity (Wildman–Crippen MR) is 111 cm³/mol. The number of carboxylic acids is 1. The minimum atomic E-state index is -1.56. The second-order valence-electron chi connectivity index (χ2n) is 7.10. The van der Waals surface area contributed by atoms with Crippen LogP contribution in [0.4, 0.5) is 0 Å². The third kappa shape index (κ3) is 7.23. The van der Waals surface area contributed by atoms with Crippen LogP contribution in [0.15, 0.2) is 30.3 Å². The van der Waals surface area contributed by atoms with Crippen molar-refractivity contribution in [3.8, 4) is 0 Å². The minimum Gasteiger partial charge on any atom is -0.480 e. The normalized spacial score (nSPS) is 22.4. The van der Waals surface area contributed by atoms with E-state index in [-0.39, 0.29) is 55.9 Å². The number of nitrogens with zero attached hydrogens (tertiary/aromatic N) is 1. The molecule has 1 fully saturated rings. The van der Waals surface area contributed by atoms with Crippen molar-refractivity contribution < 1.29 is 24.7 Å². The Balaban J connectivity index is 0.00000364. The minimum absolute atomic E-state index is 0. The highest BCUT2D eigenvalue weighted by atomic mass is 35.5. The Morgan fingerprint density at radius 2 is 1.86 bits per heavy atom. The van der Waals surface area contributed by atoms with E-state index in [0.717, 1.165) is 5.56 Å². The van der Waals surface area contributed by atoms with E-state index in [1.165, 1.54) is 4.90 Å². The molecule has 0 spiro atoms. The molecule has 1 aromatic carbocycles. The van der Waals surface area contributed by atoms with E-state index < -0.39 is 24.7 Å². The highest BCUT2D eigenvalue weighted by Crippen LogP contribution is 2.28.